The maximum absolute atomic E-state index is 13.6. The summed E-state index contributed by atoms with van der Waals surface area (Å²) in [4.78, 5) is 38.1. The predicted molar refractivity (Wildman–Crippen MR) is 152 cm³/mol. The first kappa shape index (κ1) is 24.8. The SMILES string of the molecule is CC(C)CN1C(=O)/C(=C\c2c(N3CCN(c4cccc(Cl)c4)CC3)nc3ccccn3c2=O)SC1=S. The molecule has 7 nitrogen and oxygen atoms in total. The number of amides is 1. The Bertz CT molecular complexity index is 1430. The van der Waals surface area contributed by atoms with Crippen molar-refractivity contribution in [1.29, 1.82) is 0 Å². The zero-order valence-corrected chi connectivity index (χ0v) is 22.4. The summed E-state index contributed by atoms with van der Waals surface area (Å²) in [5, 5.41) is 0.705. The summed E-state index contributed by atoms with van der Waals surface area (Å²) in [5.74, 6) is 0.713. The van der Waals surface area contributed by atoms with E-state index in [0.29, 0.717) is 50.9 Å². The summed E-state index contributed by atoms with van der Waals surface area (Å²) in [6, 6.07) is 13.3. The number of halogens is 1. The number of hydrogen-bond donors (Lipinski definition) is 0. The van der Waals surface area contributed by atoms with Crippen LogP contribution in [0.25, 0.3) is 11.7 Å². The van der Waals surface area contributed by atoms with Crippen molar-refractivity contribution in [1.82, 2.24) is 14.3 Å². The normalized spacial score (nSPS) is 17.8. The second kappa shape index (κ2) is 10.2. The molecule has 0 unspecified atom stereocenters. The lowest BCUT2D eigenvalue weighted by molar-refractivity contribution is -0.122. The van der Waals surface area contributed by atoms with E-state index in [1.807, 2.05) is 50.2 Å². The fraction of sp³-hybridized carbons (Fsp3) is 0.308. The second-order valence-electron chi connectivity index (χ2n) is 9.22. The number of aromatic nitrogens is 2. The standard InChI is InChI=1S/C26H26ClN5O2S2/c1-17(2)16-32-25(34)21(36-26(32)35)15-20-23(28-22-8-3-4-9-31(22)24(20)33)30-12-10-29(11-13-30)19-7-5-6-18(27)14-19/h3-9,14-15,17H,10-13,16H2,1-2H3/b21-15+. The van der Waals surface area contributed by atoms with Crippen LogP contribution in [0.5, 0.6) is 0 Å². The van der Waals surface area contributed by atoms with Crippen LogP contribution in [0.1, 0.15) is 19.4 Å². The maximum atomic E-state index is 13.6. The van der Waals surface area contributed by atoms with E-state index in [2.05, 4.69) is 9.80 Å². The molecule has 0 spiro atoms. The Labute approximate surface area is 224 Å². The van der Waals surface area contributed by atoms with Gasteiger partial charge in [0.25, 0.3) is 11.5 Å². The number of thiocarbonyl (C=S) groups is 1. The van der Waals surface area contributed by atoms with Crippen molar-refractivity contribution in [2.24, 2.45) is 5.92 Å². The molecule has 0 bridgehead atoms. The Hall–Kier alpha value is -2.88. The Morgan fingerprint density at radius 1 is 1.08 bits per heavy atom. The largest absolute Gasteiger partial charge is 0.368 e. The summed E-state index contributed by atoms with van der Waals surface area (Å²) >= 11 is 12.9. The van der Waals surface area contributed by atoms with Gasteiger partial charge in [-0.3, -0.25) is 18.9 Å². The minimum atomic E-state index is -0.206. The van der Waals surface area contributed by atoms with Gasteiger partial charge in [-0.2, -0.15) is 0 Å². The number of thioether (sulfide) groups is 1. The number of carbonyl (C=O) groups is 1. The lowest BCUT2D eigenvalue weighted by Gasteiger charge is -2.37. The van der Waals surface area contributed by atoms with Gasteiger partial charge in [-0.05, 0) is 42.3 Å². The molecule has 2 aromatic heterocycles. The van der Waals surface area contributed by atoms with E-state index in [4.69, 9.17) is 28.8 Å². The third-order valence-corrected chi connectivity index (χ3v) is 7.81. The van der Waals surface area contributed by atoms with Crippen LogP contribution in [0.3, 0.4) is 0 Å². The van der Waals surface area contributed by atoms with Gasteiger partial charge in [0.05, 0.1) is 10.5 Å². The molecule has 0 radical (unpaired) electrons. The van der Waals surface area contributed by atoms with Crippen molar-refractivity contribution in [3.05, 3.63) is 74.5 Å². The zero-order chi connectivity index (χ0) is 25.4. The van der Waals surface area contributed by atoms with Crippen LogP contribution in [-0.4, -0.2) is 57.2 Å². The van der Waals surface area contributed by atoms with E-state index in [-0.39, 0.29) is 17.4 Å². The van der Waals surface area contributed by atoms with Crippen LogP contribution in [0.15, 0.2) is 58.4 Å². The van der Waals surface area contributed by atoms with Crippen molar-refractivity contribution in [3.8, 4) is 0 Å². The van der Waals surface area contributed by atoms with Crippen LogP contribution in [0, 0.1) is 5.92 Å². The van der Waals surface area contributed by atoms with Gasteiger partial charge in [-0.25, -0.2) is 4.98 Å². The Balaban J connectivity index is 1.50. The summed E-state index contributed by atoms with van der Waals surface area (Å²) in [7, 11) is 0. The Morgan fingerprint density at radius 3 is 2.56 bits per heavy atom. The third-order valence-electron chi connectivity index (χ3n) is 6.20. The third kappa shape index (κ3) is 4.87. The number of rotatable bonds is 5. The van der Waals surface area contributed by atoms with Gasteiger partial charge in [0.15, 0.2) is 0 Å². The van der Waals surface area contributed by atoms with Gasteiger partial charge >= 0.3 is 0 Å². The molecular formula is C26H26ClN5O2S2. The van der Waals surface area contributed by atoms with E-state index in [9.17, 15) is 9.59 Å². The molecule has 1 aromatic carbocycles. The first-order valence-corrected chi connectivity index (χ1v) is 13.4. The molecule has 2 aliphatic rings. The molecule has 0 atom stereocenters. The number of carbonyl (C=O) groups excluding carboxylic acids is 1. The van der Waals surface area contributed by atoms with Gasteiger partial charge in [0, 0.05) is 49.6 Å². The summed E-state index contributed by atoms with van der Waals surface area (Å²) in [6.07, 6.45) is 3.37. The maximum Gasteiger partial charge on any atom is 0.267 e. The fourth-order valence-corrected chi connectivity index (χ4v) is 5.90. The minimum Gasteiger partial charge on any atom is -0.368 e. The first-order chi connectivity index (χ1) is 17.3. The molecule has 0 N–H and O–H groups in total. The van der Waals surface area contributed by atoms with E-state index in [0.717, 1.165) is 18.8 Å². The zero-order valence-electron chi connectivity index (χ0n) is 20.1. The summed E-state index contributed by atoms with van der Waals surface area (Å²) < 4.78 is 2.04. The molecule has 2 saturated heterocycles. The Kier molecular flexibility index (Phi) is 7.05. The lowest BCUT2D eigenvalue weighted by atomic mass is 10.2. The molecular weight excluding hydrogens is 514 g/mol. The molecule has 36 heavy (non-hydrogen) atoms. The number of nitrogens with zero attached hydrogens (tertiary/aromatic N) is 5. The highest BCUT2D eigenvalue weighted by Crippen LogP contribution is 2.34. The molecule has 10 heteroatoms. The number of hydrogen-bond acceptors (Lipinski definition) is 7. The number of fused-ring (bicyclic) bond motifs is 1. The van der Waals surface area contributed by atoms with Crippen molar-refractivity contribution in [3.63, 3.8) is 0 Å². The highest BCUT2D eigenvalue weighted by atomic mass is 35.5. The van der Waals surface area contributed by atoms with Gasteiger partial charge in [0.2, 0.25) is 0 Å². The second-order valence-corrected chi connectivity index (χ2v) is 11.3. The van der Waals surface area contributed by atoms with Crippen molar-refractivity contribution >= 4 is 69.0 Å². The van der Waals surface area contributed by atoms with Crippen LogP contribution < -0.4 is 15.4 Å². The quantitative estimate of drug-likeness (QED) is 0.348. The van der Waals surface area contributed by atoms with Crippen LogP contribution in [0.4, 0.5) is 11.5 Å². The molecule has 3 aromatic rings. The predicted octanol–water partition coefficient (Wildman–Crippen LogP) is 4.53. The molecule has 186 valence electrons. The molecule has 5 rings (SSSR count). The molecule has 2 fully saturated rings. The van der Waals surface area contributed by atoms with E-state index >= 15 is 0 Å². The van der Waals surface area contributed by atoms with E-state index in [1.165, 1.54) is 16.2 Å². The molecule has 1 amide bonds. The van der Waals surface area contributed by atoms with Crippen LogP contribution in [-0.2, 0) is 4.79 Å². The van der Waals surface area contributed by atoms with Gasteiger partial charge < -0.3 is 9.80 Å². The van der Waals surface area contributed by atoms with Crippen LogP contribution in [0.2, 0.25) is 5.02 Å². The average molecular weight is 540 g/mol. The smallest absolute Gasteiger partial charge is 0.267 e. The molecule has 4 heterocycles. The van der Waals surface area contributed by atoms with Crippen molar-refractivity contribution < 1.29 is 4.79 Å². The van der Waals surface area contributed by atoms with Gasteiger partial charge in [-0.1, -0.05) is 61.6 Å². The lowest BCUT2D eigenvalue weighted by Crippen LogP contribution is -2.47. The highest BCUT2D eigenvalue weighted by Gasteiger charge is 2.33. The first-order valence-electron chi connectivity index (χ1n) is 11.8. The average Bonchev–Trinajstić information content (AvgIpc) is 3.12. The topological polar surface area (TPSA) is 61.2 Å². The van der Waals surface area contributed by atoms with Crippen molar-refractivity contribution in [2.75, 3.05) is 42.5 Å². The number of pyridine rings is 1. The van der Waals surface area contributed by atoms with Gasteiger partial charge in [0.1, 0.15) is 15.8 Å². The van der Waals surface area contributed by atoms with Crippen molar-refractivity contribution in [2.45, 2.75) is 13.8 Å². The molecule has 2 aliphatic heterocycles. The van der Waals surface area contributed by atoms with Crippen LogP contribution >= 0.6 is 35.6 Å². The monoisotopic (exact) mass is 539 g/mol. The van der Waals surface area contributed by atoms with E-state index < -0.39 is 0 Å². The van der Waals surface area contributed by atoms with Gasteiger partial charge in [-0.15, -0.1) is 0 Å². The minimum absolute atomic E-state index is 0.159. The highest BCUT2D eigenvalue weighted by molar-refractivity contribution is 8.26. The van der Waals surface area contributed by atoms with E-state index in [1.54, 1.807) is 23.2 Å². The summed E-state index contributed by atoms with van der Waals surface area (Å²) in [5.41, 5.74) is 1.84. The number of anilines is 2. The number of piperazine rings is 1. The fourth-order valence-electron chi connectivity index (χ4n) is 4.46. The summed E-state index contributed by atoms with van der Waals surface area (Å²) in [6.45, 7) is 7.51. The molecule has 0 aliphatic carbocycles. The number of benzene rings is 1. The molecule has 0 saturated carbocycles. The Morgan fingerprint density at radius 2 is 1.83 bits per heavy atom.